The maximum absolute atomic E-state index is 6.88. The molecule has 0 atom stereocenters. The Bertz CT molecular complexity index is 4350. The summed E-state index contributed by atoms with van der Waals surface area (Å²) in [5.74, 6) is 0. The van der Waals surface area contributed by atoms with Crippen LogP contribution in [0.2, 0.25) is 0 Å². The SMILES string of the molecule is c1ccc2cc(-c3ccc4cc(-c5ccc(N(c6ccc(-c7ccc(-c8ccc9ccccc9c8)c8ccccc78)cc6)c6cccc7c6oc6ccc8ccccc8c67)cc5)ccc4c3)ccc2c1. The van der Waals surface area contributed by atoms with Gasteiger partial charge in [0, 0.05) is 22.1 Å². The van der Waals surface area contributed by atoms with Crippen molar-refractivity contribution < 1.29 is 4.42 Å². The van der Waals surface area contributed by atoms with E-state index in [1.54, 1.807) is 0 Å². The molecule has 0 aliphatic heterocycles. The monoisotopic (exact) mass is 889 g/mol. The standard InChI is InChI=1S/C68H43NO/c1-3-13-49-40-52(22-20-44(49)10-1)55-26-25-53-41-51(23-24-54(53)42-55)46-28-33-57(34-29-46)69(65-19-9-18-64-67-61-15-6-5-12-47(61)32-39-66(67)70-68(64)65)58-35-30-48(31-36-58)59-37-38-60(63-17-8-7-16-62(59)63)56-27-21-45-11-2-4-14-50(45)43-56/h1-43H. The molecular weight excluding hydrogens is 847 g/mol. The van der Waals surface area contributed by atoms with Crippen LogP contribution in [0.3, 0.4) is 0 Å². The molecule has 1 heterocycles. The van der Waals surface area contributed by atoms with E-state index in [4.69, 9.17) is 4.42 Å². The van der Waals surface area contributed by atoms with Crippen molar-refractivity contribution in [2.75, 3.05) is 4.90 Å². The Kier molecular flexibility index (Phi) is 9.25. The van der Waals surface area contributed by atoms with E-state index in [1.807, 2.05) is 0 Å². The Hall–Kier alpha value is -9.24. The Morgan fingerprint density at radius 1 is 0.257 bits per heavy atom. The summed E-state index contributed by atoms with van der Waals surface area (Å²) in [4.78, 5) is 2.34. The first-order chi connectivity index (χ1) is 34.7. The minimum atomic E-state index is 0.856. The number of furan rings is 1. The number of benzene rings is 13. The molecule has 0 aliphatic rings. The van der Waals surface area contributed by atoms with Crippen molar-refractivity contribution in [1.29, 1.82) is 0 Å². The highest BCUT2D eigenvalue weighted by atomic mass is 16.3. The van der Waals surface area contributed by atoms with Crippen molar-refractivity contribution in [3.8, 4) is 44.5 Å². The van der Waals surface area contributed by atoms with Crippen LogP contribution in [0.15, 0.2) is 265 Å². The molecule has 2 nitrogen and oxygen atoms in total. The van der Waals surface area contributed by atoms with Crippen LogP contribution < -0.4 is 4.90 Å². The van der Waals surface area contributed by atoms with E-state index in [9.17, 15) is 0 Å². The molecule has 0 unspecified atom stereocenters. The molecule has 0 bridgehead atoms. The van der Waals surface area contributed by atoms with Crippen LogP contribution in [-0.2, 0) is 0 Å². The molecule has 14 rings (SSSR count). The molecule has 0 fully saturated rings. The van der Waals surface area contributed by atoms with E-state index in [0.29, 0.717) is 0 Å². The van der Waals surface area contributed by atoms with Gasteiger partial charge in [-0.15, -0.1) is 0 Å². The third-order valence-corrected chi connectivity index (χ3v) is 14.4. The Morgan fingerprint density at radius 3 is 1.29 bits per heavy atom. The van der Waals surface area contributed by atoms with Gasteiger partial charge in [0.15, 0.2) is 5.58 Å². The number of rotatable bonds is 7. The van der Waals surface area contributed by atoms with Crippen molar-refractivity contribution in [1.82, 2.24) is 0 Å². The second kappa shape index (κ2) is 16.2. The van der Waals surface area contributed by atoms with Crippen molar-refractivity contribution in [2.45, 2.75) is 0 Å². The highest BCUT2D eigenvalue weighted by molar-refractivity contribution is 6.21. The van der Waals surface area contributed by atoms with Gasteiger partial charge < -0.3 is 9.32 Å². The first kappa shape index (κ1) is 39.9. The summed E-state index contributed by atoms with van der Waals surface area (Å²) in [5.41, 5.74) is 14.4. The number of hydrogen-bond donors (Lipinski definition) is 0. The van der Waals surface area contributed by atoms with Gasteiger partial charge in [0.2, 0.25) is 0 Å². The zero-order valence-electron chi connectivity index (χ0n) is 38.2. The average Bonchev–Trinajstić information content (AvgIpc) is 3.83. The highest BCUT2D eigenvalue weighted by Crippen LogP contribution is 2.45. The predicted octanol–water partition coefficient (Wildman–Crippen LogP) is 19.5. The quantitative estimate of drug-likeness (QED) is 0.159. The Labute approximate surface area is 405 Å². The van der Waals surface area contributed by atoms with Crippen molar-refractivity contribution in [3.05, 3.63) is 261 Å². The van der Waals surface area contributed by atoms with Gasteiger partial charge in [-0.05, 0) is 159 Å². The molecule has 14 aromatic rings. The molecule has 0 saturated carbocycles. The van der Waals surface area contributed by atoms with Gasteiger partial charge in [0.1, 0.15) is 5.58 Å². The lowest BCUT2D eigenvalue weighted by atomic mass is 9.91. The number of fused-ring (bicyclic) bond motifs is 9. The maximum atomic E-state index is 6.88. The van der Waals surface area contributed by atoms with Gasteiger partial charge in [-0.2, -0.15) is 0 Å². The number of nitrogens with zero attached hydrogens (tertiary/aromatic N) is 1. The van der Waals surface area contributed by atoms with Crippen LogP contribution in [-0.4, -0.2) is 0 Å². The van der Waals surface area contributed by atoms with Gasteiger partial charge >= 0.3 is 0 Å². The molecule has 0 aliphatic carbocycles. The Morgan fingerprint density at radius 2 is 0.671 bits per heavy atom. The lowest BCUT2D eigenvalue weighted by Gasteiger charge is -2.26. The molecule has 0 radical (unpaired) electrons. The minimum Gasteiger partial charge on any atom is -0.454 e. The molecule has 70 heavy (non-hydrogen) atoms. The number of anilines is 3. The summed E-state index contributed by atoms with van der Waals surface area (Å²) >= 11 is 0. The largest absolute Gasteiger partial charge is 0.454 e. The summed E-state index contributed by atoms with van der Waals surface area (Å²) in [6, 6.07) is 95.0. The summed E-state index contributed by atoms with van der Waals surface area (Å²) in [6.45, 7) is 0. The molecule has 0 amide bonds. The lowest BCUT2D eigenvalue weighted by Crippen LogP contribution is -2.10. The van der Waals surface area contributed by atoms with Gasteiger partial charge in [-0.3, -0.25) is 0 Å². The molecule has 13 aromatic carbocycles. The molecule has 0 N–H and O–H groups in total. The molecular formula is C68H43NO. The van der Waals surface area contributed by atoms with E-state index in [-0.39, 0.29) is 0 Å². The van der Waals surface area contributed by atoms with E-state index in [1.165, 1.54) is 87.2 Å². The molecule has 326 valence electrons. The fourth-order valence-corrected chi connectivity index (χ4v) is 10.9. The van der Waals surface area contributed by atoms with Crippen LogP contribution in [0.5, 0.6) is 0 Å². The van der Waals surface area contributed by atoms with Crippen LogP contribution >= 0.6 is 0 Å². The molecule has 0 saturated heterocycles. The number of hydrogen-bond acceptors (Lipinski definition) is 2. The van der Waals surface area contributed by atoms with E-state index in [0.717, 1.165) is 50.1 Å². The van der Waals surface area contributed by atoms with Crippen molar-refractivity contribution >= 4 is 92.9 Å². The third-order valence-electron chi connectivity index (χ3n) is 14.4. The summed E-state index contributed by atoms with van der Waals surface area (Å²) in [7, 11) is 0. The minimum absolute atomic E-state index is 0.856. The smallest absolute Gasteiger partial charge is 0.159 e. The average molecular weight is 890 g/mol. The van der Waals surface area contributed by atoms with Crippen LogP contribution in [0.1, 0.15) is 0 Å². The molecule has 2 heteroatoms. The molecule has 1 aromatic heterocycles. The van der Waals surface area contributed by atoms with Crippen LogP contribution in [0, 0.1) is 0 Å². The van der Waals surface area contributed by atoms with E-state index in [2.05, 4.69) is 266 Å². The fraction of sp³-hybridized carbons (Fsp3) is 0. The summed E-state index contributed by atoms with van der Waals surface area (Å²) < 4.78 is 6.88. The second-order valence-electron chi connectivity index (χ2n) is 18.5. The van der Waals surface area contributed by atoms with Crippen LogP contribution in [0.4, 0.5) is 17.1 Å². The normalized spacial score (nSPS) is 11.7. The maximum Gasteiger partial charge on any atom is 0.159 e. The van der Waals surface area contributed by atoms with Gasteiger partial charge in [0.25, 0.3) is 0 Å². The zero-order valence-corrected chi connectivity index (χ0v) is 38.2. The van der Waals surface area contributed by atoms with E-state index < -0.39 is 0 Å². The van der Waals surface area contributed by atoms with Crippen LogP contribution in [0.25, 0.3) is 120 Å². The third kappa shape index (κ3) is 6.72. The lowest BCUT2D eigenvalue weighted by molar-refractivity contribution is 0.669. The fourth-order valence-electron chi connectivity index (χ4n) is 10.9. The number of para-hydroxylation sites is 1. The van der Waals surface area contributed by atoms with Crippen molar-refractivity contribution in [2.24, 2.45) is 0 Å². The topological polar surface area (TPSA) is 16.4 Å². The second-order valence-corrected chi connectivity index (χ2v) is 18.5. The zero-order chi connectivity index (χ0) is 46.1. The first-order valence-electron chi connectivity index (χ1n) is 24.0. The predicted molar refractivity (Wildman–Crippen MR) is 298 cm³/mol. The summed E-state index contributed by atoms with van der Waals surface area (Å²) in [6.07, 6.45) is 0. The molecule has 0 spiro atoms. The van der Waals surface area contributed by atoms with Gasteiger partial charge in [0.05, 0.1) is 5.69 Å². The van der Waals surface area contributed by atoms with E-state index >= 15 is 0 Å². The highest BCUT2D eigenvalue weighted by Gasteiger charge is 2.21. The first-order valence-corrected chi connectivity index (χ1v) is 24.0. The summed E-state index contributed by atoms with van der Waals surface area (Å²) in [5, 5.41) is 14.5. The van der Waals surface area contributed by atoms with Gasteiger partial charge in [-0.25, -0.2) is 0 Å². The van der Waals surface area contributed by atoms with Gasteiger partial charge in [-0.1, -0.05) is 200 Å². The Balaban J connectivity index is 0.852. The van der Waals surface area contributed by atoms with Crippen molar-refractivity contribution in [3.63, 3.8) is 0 Å².